The van der Waals surface area contributed by atoms with Crippen molar-refractivity contribution in [1.82, 2.24) is 20.5 Å². The third-order valence-electron chi connectivity index (χ3n) is 5.43. The Hall–Kier alpha value is -2.48. The molecule has 27 heavy (non-hydrogen) atoms. The van der Waals surface area contributed by atoms with Gasteiger partial charge in [0, 0.05) is 32.4 Å². The van der Waals surface area contributed by atoms with Crippen molar-refractivity contribution < 1.29 is 9.90 Å². The number of hydrogen-bond donors (Lipinski definition) is 3. The molecule has 2 aromatic rings. The predicted octanol–water partition coefficient (Wildman–Crippen LogP) is 0.787. The van der Waals surface area contributed by atoms with Crippen molar-refractivity contribution in [2.24, 2.45) is 0 Å². The SMILES string of the molecule is CC(O)(c1ccc(C2NCC(=O)N2)cc1)N1CCN(c2ccccn2)CC1. The van der Waals surface area contributed by atoms with Crippen LogP contribution in [0.1, 0.15) is 24.2 Å². The molecule has 2 fully saturated rings. The molecule has 2 aliphatic rings. The van der Waals surface area contributed by atoms with Crippen LogP contribution in [0.15, 0.2) is 48.7 Å². The minimum atomic E-state index is -1.04. The van der Waals surface area contributed by atoms with Gasteiger partial charge in [0.05, 0.1) is 6.54 Å². The van der Waals surface area contributed by atoms with Crippen LogP contribution in [0.4, 0.5) is 5.82 Å². The fourth-order valence-electron chi connectivity index (χ4n) is 3.74. The Morgan fingerprint density at radius 3 is 2.44 bits per heavy atom. The molecular formula is C20H25N5O2. The molecule has 0 saturated carbocycles. The van der Waals surface area contributed by atoms with Gasteiger partial charge < -0.3 is 15.3 Å². The minimum Gasteiger partial charge on any atom is -0.372 e. The number of aromatic nitrogens is 1. The molecule has 1 aromatic carbocycles. The molecule has 2 atom stereocenters. The highest BCUT2D eigenvalue weighted by atomic mass is 16.3. The standard InChI is InChI=1S/C20H25N5O2/c1-20(27,16-7-5-15(6-8-16)19-22-14-18(26)23-19)25-12-10-24(11-13-25)17-4-2-3-9-21-17/h2-9,19,22,27H,10-14H2,1H3,(H,23,26). The zero-order chi connectivity index (χ0) is 18.9. The van der Waals surface area contributed by atoms with Crippen LogP contribution >= 0.6 is 0 Å². The summed E-state index contributed by atoms with van der Waals surface area (Å²) in [6.07, 6.45) is 1.65. The van der Waals surface area contributed by atoms with Crippen LogP contribution in [-0.4, -0.2) is 53.6 Å². The van der Waals surface area contributed by atoms with E-state index in [2.05, 4.69) is 25.4 Å². The summed E-state index contributed by atoms with van der Waals surface area (Å²) in [5.41, 5.74) is 0.795. The predicted molar refractivity (Wildman–Crippen MR) is 103 cm³/mol. The van der Waals surface area contributed by atoms with Crippen LogP contribution in [0, 0.1) is 0 Å². The number of benzene rings is 1. The van der Waals surface area contributed by atoms with Crippen LogP contribution in [-0.2, 0) is 10.5 Å². The highest BCUT2D eigenvalue weighted by Gasteiger charge is 2.34. The molecule has 0 spiro atoms. The molecule has 3 heterocycles. The van der Waals surface area contributed by atoms with E-state index in [1.54, 1.807) is 6.20 Å². The third kappa shape index (κ3) is 3.66. The molecule has 3 N–H and O–H groups in total. The second kappa shape index (κ2) is 7.26. The van der Waals surface area contributed by atoms with Gasteiger partial charge in [0.1, 0.15) is 17.7 Å². The number of anilines is 1. The molecule has 2 aliphatic heterocycles. The number of rotatable bonds is 4. The van der Waals surface area contributed by atoms with Crippen LogP contribution in [0.2, 0.25) is 0 Å². The summed E-state index contributed by atoms with van der Waals surface area (Å²) in [7, 11) is 0. The van der Waals surface area contributed by atoms with Crippen molar-refractivity contribution >= 4 is 11.7 Å². The molecule has 142 valence electrons. The lowest BCUT2D eigenvalue weighted by Gasteiger charge is -2.43. The molecule has 7 heteroatoms. The Morgan fingerprint density at radius 2 is 1.85 bits per heavy atom. The molecule has 1 aromatic heterocycles. The van der Waals surface area contributed by atoms with Gasteiger partial charge in [-0.1, -0.05) is 30.3 Å². The maximum Gasteiger partial charge on any atom is 0.235 e. The van der Waals surface area contributed by atoms with Gasteiger partial charge in [-0.15, -0.1) is 0 Å². The lowest BCUT2D eigenvalue weighted by atomic mass is 9.99. The van der Waals surface area contributed by atoms with Crippen molar-refractivity contribution in [1.29, 1.82) is 0 Å². The molecule has 0 bridgehead atoms. The first kappa shape index (κ1) is 17.9. The highest BCUT2D eigenvalue weighted by Crippen LogP contribution is 2.28. The second-order valence-electron chi connectivity index (χ2n) is 7.19. The Balaban J connectivity index is 1.42. The molecule has 7 nitrogen and oxygen atoms in total. The van der Waals surface area contributed by atoms with E-state index in [-0.39, 0.29) is 12.1 Å². The van der Waals surface area contributed by atoms with Crippen LogP contribution < -0.4 is 15.5 Å². The van der Waals surface area contributed by atoms with Crippen LogP contribution in [0.25, 0.3) is 0 Å². The van der Waals surface area contributed by atoms with E-state index >= 15 is 0 Å². The van der Waals surface area contributed by atoms with Gasteiger partial charge in [-0.25, -0.2) is 4.98 Å². The third-order valence-corrected chi connectivity index (χ3v) is 5.43. The number of carbonyl (C=O) groups excluding carboxylic acids is 1. The van der Waals surface area contributed by atoms with Crippen LogP contribution in [0.3, 0.4) is 0 Å². The summed E-state index contributed by atoms with van der Waals surface area (Å²) in [4.78, 5) is 20.1. The second-order valence-corrected chi connectivity index (χ2v) is 7.19. The topological polar surface area (TPSA) is 80.7 Å². The number of pyridine rings is 1. The average Bonchev–Trinajstić information content (AvgIpc) is 3.15. The van der Waals surface area contributed by atoms with Gasteiger partial charge in [-0.05, 0) is 30.2 Å². The molecule has 0 aliphatic carbocycles. The zero-order valence-corrected chi connectivity index (χ0v) is 15.4. The summed E-state index contributed by atoms with van der Waals surface area (Å²) in [5.74, 6) is 0.981. The van der Waals surface area contributed by atoms with Crippen molar-refractivity contribution in [3.05, 3.63) is 59.8 Å². The van der Waals surface area contributed by atoms with E-state index in [0.717, 1.165) is 43.1 Å². The number of hydrogen-bond acceptors (Lipinski definition) is 6. The van der Waals surface area contributed by atoms with Crippen molar-refractivity contribution in [3.8, 4) is 0 Å². The number of carbonyl (C=O) groups is 1. The molecular weight excluding hydrogens is 342 g/mol. The average molecular weight is 367 g/mol. The van der Waals surface area contributed by atoms with Crippen molar-refractivity contribution in [3.63, 3.8) is 0 Å². The Morgan fingerprint density at radius 1 is 1.11 bits per heavy atom. The van der Waals surface area contributed by atoms with Crippen molar-refractivity contribution in [2.75, 3.05) is 37.6 Å². The summed E-state index contributed by atoms with van der Waals surface area (Å²) < 4.78 is 0. The molecule has 2 saturated heterocycles. The quantitative estimate of drug-likeness (QED) is 0.741. The van der Waals surface area contributed by atoms with E-state index in [4.69, 9.17) is 0 Å². The largest absolute Gasteiger partial charge is 0.372 e. The van der Waals surface area contributed by atoms with E-state index in [9.17, 15) is 9.90 Å². The number of aliphatic hydroxyl groups is 1. The van der Waals surface area contributed by atoms with Gasteiger partial charge in [0.15, 0.2) is 0 Å². The first-order valence-corrected chi connectivity index (χ1v) is 9.30. The minimum absolute atomic E-state index is 0.00171. The Bertz CT molecular complexity index is 786. The first-order chi connectivity index (χ1) is 13.0. The molecule has 1 amide bonds. The monoisotopic (exact) mass is 367 g/mol. The lowest BCUT2D eigenvalue weighted by Crippen LogP contribution is -2.54. The van der Waals surface area contributed by atoms with E-state index in [1.165, 1.54) is 0 Å². The summed E-state index contributed by atoms with van der Waals surface area (Å²) in [6, 6.07) is 13.7. The van der Waals surface area contributed by atoms with Gasteiger partial charge >= 0.3 is 0 Å². The van der Waals surface area contributed by atoms with E-state index in [1.807, 2.05) is 49.4 Å². The number of nitrogens with zero attached hydrogens (tertiary/aromatic N) is 3. The van der Waals surface area contributed by atoms with Gasteiger partial charge in [-0.2, -0.15) is 0 Å². The number of piperazine rings is 1. The number of nitrogens with one attached hydrogen (secondary N) is 2. The first-order valence-electron chi connectivity index (χ1n) is 9.30. The normalized spacial score (nSPS) is 23.1. The Kier molecular flexibility index (Phi) is 4.82. The van der Waals surface area contributed by atoms with Gasteiger partial charge in [-0.3, -0.25) is 15.0 Å². The Labute approximate surface area is 159 Å². The summed E-state index contributed by atoms with van der Waals surface area (Å²) in [6.45, 7) is 5.34. The van der Waals surface area contributed by atoms with Crippen LogP contribution in [0.5, 0.6) is 0 Å². The molecule has 4 rings (SSSR count). The zero-order valence-electron chi connectivity index (χ0n) is 15.4. The van der Waals surface area contributed by atoms with Gasteiger partial charge in [0.25, 0.3) is 0 Å². The number of amides is 1. The fraction of sp³-hybridized carbons (Fsp3) is 0.400. The molecule has 2 unspecified atom stereocenters. The smallest absolute Gasteiger partial charge is 0.235 e. The van der Waals surface area contributed by atoms with Gasteiger partial charge in [0.2, 0.25) is 5.91 Å². The van der Waals surface area contributed by atoms with Crippen molar-refractivity contribution in [2.45, 2.75) is 18.8 Å². The molecule has 0 radical (unpaired) electrons. The van der Waals surface area contributed by atoms with E-state index < -0.39 is 5.72 Å². The summed E-state index contributed by atoms with van der Waals surface area (Å²) >= 11 is 0. The van der Waals surface area contributed by atoms with E-state index in [0.29, 0.717) is 6.54 Å². The maximum absolute atomic E-state index is 11.4. The maximum atomic E-state index is 11.4. The highest BCUT2D eigenvalue weighted by molar-refractivity contribution is 5.80. The lowest BCUT2D eigenvalue weighted by molar-refractivity contribution is -0.118. The fourth-order valence-corrected chi connectivity index (χ4v) is 3.74. The summed E-state index contributed by atoms with van der Waals surface area (Å²) in [5, 5.41) is 17.2.